The molecule has 1 aromatic heterocycles. The van der Waals surface area contributed by atoms with Crippen LogP contribution < -0.4 is 4.74 Å². The van der Waals surface area contributed by atoms with E-state index < -0.39 is 0 Å². The van der Waals surface area contributed by atoms with E-state index in [4.69, 9.17) is 4.74 Å². The number of imidazole rings is 1. The summed E-state index contributed by atoms with van der Waals surface area (Å²) in [5.41, 5.74) is 1.87. The standard InChI is InChI=1S/C8H7BrN2O/c1-12-8-10-6-4-2-3-5(9)7(6)11-8/h2-4H,1H3,(H,10,11). The molecule has 2 aromatic rings. The second kappa shape index (κ2) is 2.79. The lowest BCUT2D eigenvalue weighted by Gasteiger charge is -1.88. The van der Waals surface area contributed by atoms with E-state index in [-0.39, 0.29) is 0 Å². The lowest BCUT2D eigenvalue weighted by Crippen LogP contribution is -1.82. The maximum Gasteiger partial charge on any atom is 0.294 e. The molecule has 62 valence electrons. The molecule has 0 saturated heterocycles. The highest BCUT2D eigenvalue weighted by molar-refractivity contribution is 9.10. The van der Waals surface area contributed by atoms with Gasteiger partial charge >= 0.3 is 0 Å². The average Bonchev–Trinajstić information content (AvgIpc) is 2.49. The van der Waals surface area contributed by atoms with Crippen molar-refractivity contribution in [2.75, 3.05) is 7.11 Å². The molecule has 4 heteroatoms. The van der Waals surface area contributed by atoms with Gasteiger partial charge in [-0.25, -0.2) is 0 Å². The number of halogens is 1. The Hall–Kier alpha value is -1.03. The Balaban J connectivity index is 2.74. The van der Waals surface area contributed by atoms with E-state index in [1.165, 1.54) is 0 Å². The summed E-state index contributed by atoms with van der Waals surface area (Å²) in [5, 5.41) is 0. The quantitative estimate of drug-likeness (QED) is 0.811. The number of hydrogen-bond acceptors (Lipinski definition) is 2. The van der Waals surface area contributed by atoms with Gasteiger partial charge in [0, 0.05) is 4.47 Å². The van der Waals surface area contributed by atoms with Crippen LogP contribution in [0.25, 0.3) is 11.0 Å². The summed E-state index contributed by atoms with van der Waals surface area (Å²) in [5.74, 6) is 0. The minimum absolute atomic E-state index is 0.539. The summed E-state index contributed by atoms with van der Waals surface area (Å²) in [7, 11) is 1.59. The Morgan fingerprint density at radius 3 is 3.00 bits per heavy atom. The molecule has 0 atom stereocenters. The number of para-hydroxylation sites is 1. The molecule has 0 amide bonds. The molecular weight excluding hydrogens is 220 g/mol. The van der Waals surface area contributed by atoms with Crippen LogP contribution in [0.5, 0.6) is 6.01 Å². The highest BCUT2D eigenvalue weighted by atomic mass is 79.9. The Labute approximate surface area is 77.9 Å². The molecule has 0 saturated carbocycles. The van der Waals surface area contributed by atoms with Crippen LogP contribution in [0.15, 0.2) is 22.7 Å². The predicted octanol–water partition coefficient (Wildman–Crippen LogP) is 2.33. The number of rotatable bonds is 1. The van der Waals surface area contributed by atoms with Gasteiger partial charge in [-0.3, -0.25) is 0 Å². The van der Waals surface area contributed by atoms with Crippen molar-refractivity contribution < 1.29 is 4.74 Å². The van der Waals surface area contributed by atoms with Gasteiger partial charge in [-0.15, -0.1) is 0 Å². The summed E-state index contributed by atoms with van der Waals surface area (Å²) in [6.45, 7) is 0. The van der Waals surface area contributed by atoms with E-state index in [0.29, 0.717) is 6.01 Å². The normalized spacial score (nSPS) is 10.5. The number of nitrogens with one attached hydrogen (secondary N) is 1. The molecule has 0 fully saturated rings. The third-order valence-electron chi connectivity index (χ3n) is 1.64. The van der Waals surface area contributed by atoms with Crippen LogP contribution in [0.3, 0.4) is 0 Å². The van der Waals surface area contributed by atoms with Crippen molar-refractivity contribution in [3.63, 3.8) is 0 Å². The second-order valence-electron chi connectivity index (χ2n) is 2.38. The fourth-order valence-corrected chi connectivity index (χ4v) is 1.53. The number of aromatic nitrogens is 2. The van der Waals surface area contributed by atoms with Gasteiger partial charge in [-0.2, -0.15) is 4.98 Å². The zero-order valence-corrected chi connectivity index (χ0v) is 8.05. The van der Waals surface area contributed by atoms with Crippen molar-refractivity contribution in [2.45, 2.75) is 0 Å². The van der Waals surface area contributed by atoms with Crippen molar-refractivity contribution in [2.24, 2.45) is 0 Å². The first-order chi connectivity index (χ1) is 5.81. The number of benzene rings is 1. The molecule has 1 heterocycles. The van der Waals surface area contributed by atoms with E-state index in [0.717, 1.165) is 15.5 Å². The molecule has 0 aliphatic heterocycles. The smallest absolute Gasteiger partial charge is 0.294 e. The van der Waals surface area contributed by atoms with Gasteiger partial charge in [-0.1, -0.05) is 6.07 Å². The van der Waals surface area contributed by atoms with Crippen molar-refractivity contribution in [1.29, 1.82) is 0 Å². The molecule has 2 rings (SSSR count). The maximum atomic E-state index is 4.97. The van der Waals surface area contributed by atoms with E-state index >= 15 is 0 Å². The summed E-state index contributed by atoms with van der Waals surface area (Å²) >= 11 is 3.40. The predicted molar refractivity (Wildman–Crippen MR) is 50.3 cm³/mol. The van der Waals surface area contributed by atoms with Crippen LogP contribution in [0.2, 0.25) is 0 Å². The van der Waals surface area contributed by atoms with Gasteiger partial charge in [0.1, 0.15) is 5.52 Å². The van der Waals surface area contributed by atoms with Crippen molar-refractivity contribution in [1.82, 2.24) is 9.97 Å². The van der Waals surface area contributed by atoms with E-state index in [9.17, 15) is 0 Å². The van der Waals surface area contributed by atoms with Crippen molar-refractivity contribution in [3.8, 4) is 6.01 Å². The fraction of sp³-hybridized carbons (Fsp3) is 0.125. The molecular formula is C8H7BrN2O. The van der Waals surface area contributed by atoms with Gasteiger partial charge < -0.3 is 9.72 Å². The van der Waals surface area contributed by atoms with Gasteiger partial charge in [0.05, 0.1) is 12.6 Å². The summed E-state index contributed by atoms with van der Waals surface area (Å²) < 4.78 is 5.94. The Morgan fingerprint density at radius 1 is 1.50 bits per heavy atom. The molecule has 0 unspecified atom stereocenters. The SMILES string of the molecule is COc1nc2c(Br)cccc2[nH]1. The van der Waals surface area contributed by atoms with Crippen molar-refractivity contribution >= 4 is 27.0 Å². The van der Waals surface area contributed by atoms with Gasteiger partial charge in [0.2, 0.25) is 0 Å². The van der Waals surface area contributed by atoms with Crippen LogP contribution in [0.4, 0.5) is 0 Å². The third kappa shape index (κ3) is 1.08. The number of ether oxygens (including phenoxy) is 1. The first-order valence-corrected chi connectivity index (χ1v) is 4.29. The molecule has 0 bridgehead atoms. The monoisotopic (exact) mass is 226 g/mol. The zero-order chi connectivity index (χ0) is 8.55. The molecule has 12 heavy (non-hydrogen) atoms. The Bertz CT molecular complexity index is 410. The molecule has 0 aliphatic rings. The first-order valence-electron chi connectivity index (χ1n) is 3.49. The summed E-state index contributed by atoms with van der Waals surface area (Å²) in [6.07, 6.45) is 0. The lowest BCUT2D eigenvalue weighted by atomic mass is 10.3. The molecule has 1 aromatic carbocycles. The zero-order valence-electron chi connectivity index (χ0n) is 6.47. The Kier molecular flexibility index (Phi) is 1.77. The minimum atomic E-state index is 0.539. The highest BCUT2D eigenvalue weighted by Crippen LogP contribution is 2.23. The number of methoxy groups -OCH3 is 1. The number of aromatic amines is 1. The minimum Gasteiger partial charge on any atom is -0.468 e. The molecule has 0 aliphatic carbocycles. The summed E-state index contributed by atoms with van der Waals surface area (Å²) in [6, 6.07) is 6.39. The maximum absolute atomic E-state index is 4.97. The summed E-state index contributed by atoms with van der Waals surface area (Å²) in [4.78, 5) is 7.23. The molecule has 3 nitrogen and oxygen atoms in total. The number of H-pyrrole nitrogens is 1. The van der Waals surface area contributed by atoms with Gasteiger partial charge in [0.15, 0.2) is 0 Å². The fourth-order valence-electron chi connectivity index (χ4n) is 1.07. The van der Waals surface area contributed by atoms with Crippen LogP contribution >= 0.6 is 15.9 Å². The second-order valence-corrected chi connectivity index (χ2v) is 3.24. The van der Waals surface area contributed by atoms with Crippen LogP contribution in [0, 0.1) is 0 Å². The van der Waals surface area contributed by atoms with Crippen LogP contribution in [-0.2, 0) is 0 Å². The molecule has 0 radical (unpaired) electrons. The largest absolute Gasteiger partial charge is 0.468 e. The molecule has 1 N–H and O–H groups in total. The first kappa shape index (κ1) is 7.61. The topological polar surface area (TPSA) is 37.9 Å². The van der Waals surface area contributed by atoms with E-state index in [1.54, 1.807) is 7.11 Å². The third-order valence-corrected chi connectivity index (χ3v) is 2.27. The number of fused-ring (bicyclic) bond motifs is 1. The van der Waals surface area contributed by atoms with Gasteiger partial charge in [-0.05, 0) is 28.1 Å². The van der Waals surface area contributed by atoms with Gasteiger partial charge in [0.25, 0.3) is 6.01 Å². The van der Waals surface area contributed by atoms with E-state index in [1.807, 2.05) is 18.2 Å². The number of nitrogens with zero attached hydrogens (tertiary/aromatic N) is 1. The van der Waals surface area contributed by atoms with E-state index in [2.05, 4.69) is 25.9 Å². The average molecular weight is 227 g/mol. The van der Waals surface area contributed by atoms with Crippen molar-refractivity contribution in [3.05, 3.63) is 22.7 Å². The highest BCUT2D eigenvalue weighted by Gasteiger charge is 2.03. The Morgan fingerprint density at radius 2 is 2.33 bits per heavy atom. The number of hydrogen-bond donors (Lipinski definition) is 1. The molecule has 0 spiro atoms. The lowest BCUT2D eigenvalue weighted by molar-refractivity contribution is 0.386. The van der Waals surface area contributed by atoms with Crippen LogP contribution in [-0.4, -0.2) is 17.1 Å². The van der Waals surface area contributed by atoms with Crippen LogP contribution in [0.1, 0.15) is 0 Å².